The predicted molar refractivity (Wildman–Crippen MR) is 78.7 cm³/mol. The van der Waals surface area contributed by atoms with E-state index in [-0.39, 0.29) is 17.9 Å². The van der Waals surface area contributed by atoms with Gasteiger partial charge < -0.3 is 15.2 Å². The first kappa shape index (κ1) is 15.4. The van der Waals surface area contributed by atoms with Gasteiger partial charge in [-0.3, -0.25) is 4.79 Å². The number of aliphatic hydroxyl groups is 1. The Labute approximate surface area is 128 Å². The van der Waals surface area contributed by atoms with E-state index in [9.17, 15) is 4.79 Å². The highest BCUT2D eigenvalue weighted by Crippen LogP contribution is 2.47. The van der Waals surface area contributed by atoms with Crippen LogP contribution in [0.1, 0.15) is 29.6 Å². The van der Waals surface area contributed by atoms with Crippen molar-refractivity contribution >= 4 is 29.1 Å². The SMILES string of the molecule is COc1c(Cl)cc(C(=O)NCC2(CCO)CC2)cc1Cl. The minimum Gasteiger partial charge on any atom is -0.494 e. The molecule has 0 atom stereocenters. The zero-order valence-electron chi connectivity index (χ0n) is 11.2. The van der Waals surface area contributed by atoms with Gasteiger partial charge in [-0.15, -0.1) is 0 Å². The topological polar surface area (TPSA) is 58.6 Å². The number of hydrogen-bond acceptors (Lipinski definition) is 3. The van der Waals surface area contributed by atoms with Crippen LogP contribution in [0.25, 0.3) is 0 Å². The normalized spacial score (nSPS) is 15.8. The molecule has 1 aliphatic carbocycles. The van der Waals surface area contributed by atoms with E-state index in [4.69, 9.17) is 33.0 Å². The van der Waals surface area contributed by atoms with Crippen molar-refractivity contribution in [2.45, 2.75) is 19.3 Å². The molecule has 4 nitrogen and oxygen atoms in total. The Kier molecular flexibility index (Phi) is 4.78. The lowest BCUT2D eigenvalue weighted by molar-refractivity contribution is 0.0941. The van der Waals surface area contributed by atoms with Crippen molar-refractivity contribution in [3.05, 3.63) is 27.7 Å². The van der Waals surface area contributed by atoms with Crippen LogP contribution in [-0.4, -0.2) is 31.3 Å². The number of carbonyl (C=O) groups excluding carboxylic acids is 1. The fraction of sp³-hybridized carbons (Fsp3) is 0.500. The number of carbonyl (C=O) groups is 1. The summed E-state index contributed by atoms with van der Waals surface area (Å²) in [6.45, 7) is 0.712. The molecule has 2 N–H and O–H groups in total. The Morgan fingerprint density at radius 2 is 2.00 bits per heavy atom. The molecule has 0 unspecified atom stereocenters. The Hall–Kier alpha value is -0.970. The number of amides is 1. The summed E-state index contributed by atoms with van der Waals surface area (Å²) >= 11 is 12.0. The smallest absolute Gasteiger partial charge is 0.251 e. The molecule has 6 heteroatoms. The Morgan fingerprint density at radius 3 is 2.45 bits per heavy atom. The van der Waals surface area contributed by atoms with Gasteiger partial charge in [-0.25, -0.2) is 0 Å². The molecule has 0 saturated heterocycles. The lowest BCUT2D eigenvalue weighted by Gasteiger charge is -2.15. The van der Waals surface area contributed by atoms with E-state index in [1.165, 1.54) is 19.2 Å². The number of benzene rings is 1. The highest BCUT2D eigenvalue weighted by molar-refractivity contribution is 6.37. The highest BCUT2D eigenvalue weighted by atomic mass is 35.5. The van der Waals surface area contributed by atoms with E-state index in [1.807, 2.05) is 0 Å². The average Bonchev–Trinajstić information content (AvgIpc) is 3.16. The Morgan fingerprint density at radius 1 is 1.40 bits per heavy atom. The standard InChI is InChI=1S/C14H17Cl2NO3/c1-20-12-10(15)6-9(7-11(12)16)13(19)17-8-14(2-3-14)4-5-18/h6-7,18H,2-5,8H2,1H3,(H,17,19). The van der Waals surface area contributed by atoms with Crippen LogP contribution < -0.4 is 10.1 Å². The maximum atomic E-state index is 12.1. The second-order valence-corrected chi connectivity index (χ2v) is 5.94. The molecule has 0 spiro atoms. The Bertz CT molecular complexity index is 492. The van der Waals surface area contributed by atoms with Gasteiger partial charge in [0.25, 0.3) is 5.91 Å². The number of methoxy groups -OCH3 is 1. The molecule has 20 heavy (non-hydrogen) atoms. The second-order valence-electron chi connectivity index (χ2n) is 5.13. The molecule has 2 rings (SSSR count). The summed E-state index contributed by atoms with van der Waals surface area (Å²) < 4.78 is 5.04. The number of rotatable bonds is 6. The fourth-order valence-electron chi connectivity index (χ4n) is 2.18. The van der Waals surface area contributed by atoms with E-state index in [0.717, 1.165) is 19.3 Å². The molecular weight excluding hydrogens is 301 g/mol. The van der Waals surface area contributed by atoms with Crippen molar-refractivity contribution in [2.75, 3.05) is 20.3 Å². The monoisotopic (exact) mass is 317 g/mol. The summed E-state index contributed by atoms with van der Waals surface area (Å²) in [6, 6.07) is 3.07. The second kappa shape index (κ2) is 6.20. The van der Waals surface area contributed by atoms with Gasteiger partial charge in [-0.1, -0.05) is 23.2 Å². The van der Waals surface area contributed by atoms with Gasteiger partial charge in [0.2, 0.25) is 0 Å². The van der Waals surface area contributed by atoms with Crippen LogP contribution in [0.4, 0.5) is 0 Å². The number of ether oxygens (including phenoxy) is 1. The Balaban J connectivity index is 2.03. The minimum absolute atomic E-state index is 0.0739. The van der Waals surface area contributed by atoms with Crippen LogP contribution in [-0.2, 0) is 0 Å². The summed E-state index contributed by atoms with van der Waals surface area (Å²) in [6.07, 6.45) is 2.80. The highest BCUT2D eigenvalue weighted by Gasteiger charge is 2.41. The third-order valence-electron chi connectivity index (χ3n) is 3.69. The van der Waals surface area contributed by atoms with Crippen molar-refractivity contribution in [3.8, 4) is 5.75 Å². The molecule has 0 radical (unpaired) electrons. The van der Waals surface area contributed by atoms with Crippen LogP contribution in [0.15, 0.2) is 12.1 Å². The molecule has 0 heterocycles. The van der Waals surface area contributed by atoms with Gasteiger partial charge in [-0.2, -0.15) is 0 Å². The summed E-state index contributed by atoms with van der Waals surface area (Å²) in [7, 11) is 1.47. The third kappa shape index (κ3) is 3.37. The van der Waals surface area contributed by atoms with Gasteiger partial charge in [0.05, 0.1) is 17.2 Å². The number of halogens is 2. The molecule has 0 aromatic heterocycles. The maximum Gasteiger partial charge on any atom is 0.251 e. The van der Waals surface area contributed by atoms with Crippen LogP contribution in [0, 0.1) is 5.41 Å². The maximum absolute atomic E-state index is 12.1. The first-order chi connectivity index (χ1) is 9.51. The zero-order chi connectivity index (χ0) is 14.8. The van der Waals surface area contributed by atoms with E-state index >= 15 is 0 Å². The molecular formula is C14H17Cl2NO3. The number of nitrogens with one attached hydrogen (secondary N) is 1. The lowest BCUT2D eigenvalue weighted by Crippen LogP contribution is -2.30. The molecule has 1 aromatic rings. The van der Waals surface area contributed by atoms with Crippen molar-refractivity contribution in [1.82, 2.24) is 5.32 Å². The largest absolute Gasteiger partial charge is 0.494 e. The molecule has 1 aromatic carbocycles. The number of hydrogen-bond donors (Lipinski definition) is 2. The van der Waals surface area contributed by atoms with Gasteiger partial charge in [0.1, 0.15) is 0 Å². The molecule has 1 aliphatic rings. The van der Waals surface area contributed by atoms with Gasteiger partial charge in [0.15, 0.2) is 5.75 Å². The molecule has 1 fully saturated rings. The van der Waals surface area contributed by atoms with Crippen LogP contribution >= 0.6 is 23.2 Å². The van der Waals surface area contributed by atoms with Crippen molar-refractivity contribution in [3.63, 3.8) is 0 Å². The zero-order valence-corrected chi connectivity index (χ0v) is 12.7. The first-order valence-electron chi connectivity index (χ1n) is 6.43. The van der Waals surface area contributed by atoms with Crippen LogP contribution in [0.5, 0.6) is 5.75 Å². The summed E-state index contributed by atoms with van der Waals surface area (Å²) in [4.78, 5) is 12.1. The predicted octanol–water partition coefficient (Wildman–Crippen LogP) is 2.89. The summed E-state index contributed by atoms with van der Waals surface area (Å²) in [5, 5.41) is 12.5. The van der Waals surface area contributed by atoms with E-state index in [1.54, 1.807) is 0 Å². The third-order valence-corrected chi connectivity index (χ3v) is 4.25. The summed E-state index contributed by atoms with van der Waals surface area (Å²) in [5.41, 5.74) is 0.477. The number of aliphatic hydroxyl groups excluding tert-OH is 1. The van der Waals surface area contributed by atoms with E-state index in [0.29, 0.717) is 27.9 Å². The minimum atomic E-state index is -0.222. The quantitative estimate of drug-likeness (QED) is 0.848. The summed E-state index contributed by atoms with van der Waals surface area (Å²) in [5.74, 6) is 0.143. The van der Waals surface area contributed by atoms with E-state index < -0.39 is 0 Å². The van der Waals surface area contributed by atoms with Crippen molar-refractivity contribution in [2.24, 2.45) is 5.41 Å². The van der Waals surface area contributed by atoms with Crippen LogP contribution in [0.2, 0.25) is 10.0 Å². The molecule has 1 amide bonds. The lowest BCUT2D eigenvalue weighted by atomic mass is 10.0. The van der Waals surface area contributed by atoms with Crippen LogP contribution in [0.3, 0.4) is 0 Å². The molecule has 1 saturated carbocycles. The van der Waals surface area contributed by atoms with Crippen molar-refractivity contribution in [1.29, 1.82) is 0 Å². The fourth-order valence-corrected chi connectivity index (χ4v) is 2.83. The van der Waals surface area contributed by atoms with Gasteiger partial charge in [0, 0.05) is 18.7 Å². The first-order valence-corrected chi connectivity index (χ1v) is 7.19. The van der Waals surface area contributed by atoms with E-state index in [2.05, 4.69) is 5.32 Å². The van der Waals surface area contributed by atoms with Gasteiger partial charge >= 0.3 is 0 Å². The molecule has 110 valence electrons. The van der Waals surface area contributed by atoms with Crippen molar-refractivity contribution < 1.29 is 14.6 Å². The molecule has 0 bridgehead atoms. The average molecular weight is 318 g/mol. The molecule has 0 aliphatic heterocycles. The van der Waals surface area contributed by atoms with Gasteiger partial charge in [-0.05, 0) is 36.8 Å².